The minimum absolute atomic E-state index is 0.196. The second kappa shape index (κ2) is 6.56. The smallest absolute Gasteiger partial charge is 0.247 e. The zero-order valence-electron chi connectivity index (χ0n) is 12.0. The van der Waals surface area contributed by atoms with Crippen molar-refractivity contribution >= 4 is 22.6 Å². The fourth-order valence-electron chi connectivity index (χ4n) is 1.71. The van der Waals surface area contributed by atoms with Crippen molar-refractivity contribution in [1.82, 2.24) is 10.2 Å². The van der Waals surface area contributed by atoms with Gasteiger partial charge in [0.25, 0.3) is 0 Å². The molecule has 0 bridgehead atoms. The van der Waals surface area contributed by atoms with Gasteiger partial charge in [0, 0.05) is 16.4 Å². The molecule has 1 aromatic heterocycles. The van der Waals surface area contributed by atoms with Gasteiger partial charge in [0.15, 0.2) is 0 Å². The molecule has 0 aliphatic heterocycles. The largest absolute Gasteiger partial charge is 0.488 e. The molecule has 0 radical (unpaired) electrons. The van der Waals surface area contributed by atoms with Crippen molar-refractivity contribution in [3.05, 3.63) is 30.2 Å². The second-order valence-corrected chi connectivity index (χ2v) is 6.61. The van der Waals surface area contributed by atoms with Crippen LogP contribution in [0.25, 0.3) is 11.5 Å². The van der Waals surface area contributed by atoms with Crippen molar-refractivity contribution in [3.8, 4) is 17.2 Å². The van der Waals surface area contributed by atoms with E-state index < -0.39 is 0 Å². The van der Waals surface area contributed by atoms with E-state index in [0.717, 1.165) is 28.6 Å². The Labute approximate surface area is 133 Å². The van der Waals surface area contributed by atoms with E-state index in [2.05, 4.69) is 32.8 Å². The van der Waals surface area contributed by atoms with Gasteiger partial charge in [-0.15, -0.1) is 10.2 Å². The lowest BCUT2D eigenvalue weighted by atomic mass is 10.1. The molecular formula is C15H19IN2O2. The zero-order valence-corrected chi connectivity index (χ0v) is 14.2. The third-order valence-corrected chi connectivity index (χ3v) is 3.28. The monoisotopic (exact) mass is 386 g/mol. The van der Waals surface area contributed by atoms with Gasteiger partial charge in [-0.05, 0) is 51.5 Å². The van der Waals surface area contributed by atoms with Crippen molar-refractivity contribution in [2.24, 2.45) is 0 Å². The summed E-state index contributed by atoms with van der Waals surface area (Å²) in [4.78, 5) is 0. The molecule has 0 fully saturated rings. The Bertz CT molecular complexity index is 544. The first kappa shape index (κ1) is 15.3. The second-order valence-electron chi connectivity index (χ2n) is 5.53. The van der Waals surface area contributed by atoms with E-state index in [1.807, 2.05) is 45.0 Å². The minimum atomic E-state index is -0.196. The highest BCUT2D eigenvalue weighted by atomic mass is 127. The van der Waals surface area contributed by atoms with Crippen LogP contribution in [0.1, 0.15) is 33.1 Å². The van der Waals surface area contributed by atoms with Crippen LogP contribution in [0.15, 0.2) is 28.7 Å². The van der Waals surface area contributed by atoms with Gasteiger partial charge in [-0.3, -0.25) is 0 Å². The highest BCUT2D eigenvalue weighted by Crippen LogP contribution is 2.24. The van der Waals surface area contributed by atoms with E-state index in [1.165, 1.54) is 0 Å². The quantitative estimate of drug-likeness (QED) is 0.569. The number of rotatable bonds is 5. The molecule has 20 heavy (non-hydrogen) atoms. The van der Waals surface area contributed by atoms with Crippen LogP contribution in [-0.2, 0) is 6.42 Å². The van der Waals surface area contributed by atoms with Crippen LogP contribution < -0.4 is 4.74 Å². The number of nitrogens with zero attached hydrogens (tertiary/aromatic N) is 2. The third-order valence-electron chi connectivity index (χ3n) is 2.52. The lowest BCUT2D eigenvalue weighted by Crippen LogP contribution is -2.22. The Kier molecular flexibility index (Phi) is 5.01. The summed E-state index contributed by atoms with van der Waals surface area (Å²) in [6.45, 7) is 6.08. The summed E-state index contributed by atoms with van der Waals surface area (Å²) in [5, 5.41) is 8.14. The summed E-state index contributed by atoms with van der Waals surface area (Å²) in [7, 11) is 0. The number of halogens is 1. The van der Waals surface area contributed by atoms with Gasteiger partial charge in [-0.2, -0.15) is 0 Å². The SMILES string of the molecule is CC(C)(C)Oc1ccc(-c2nnc(CCCI)o2)cc1. The number of aromatic nitrogens is 2. The molecule has 0 spiro atoms. The van der Waals surface area contributed by atoms with E-state index >= 15 is 0 Å². The summed E-state index contributed by atoms with van der Waals surface area (Å²) in [5.41, 5.74) is 0.720. The van der Waals surface area contributed by atoms with Crippen LogP contribution >= 0.6 is 22.6 Å². The first-order chi connectivity index (χ1) is 9.48. The van der Waals surface area contributed by atoms with E-state index in [4.69, 9.17) is 9.15 Å². The van der Waals surface area contributed by atoms with Gasteiger partial charge < -0.3 is 9.15 Å². The molecule has 0 unspecified atom stereocenters. The van der Waals surface area contributed by atoms with Crippen LogP contribution in [-0.4, -0.2) is 20.2 Å². The lowest BCUT2D eigenvalue weighted by Gasteiger charge is -2.21. The fourth-order valence-corrected chi connectivity index (χ4v) is 2.09. The Morgan fingerprint density at radius 3 is 2.45 bits per heavy atom. The highest BCUT2D eigenvalue weighted by Gasteiger charge is 2.12. The number of alkyl halides is 1. The summed E-state index contributed by atoms with van der Waals surface area (Å²) in [6.07, 6.45) is 1.89. The van der Waals surface area contributed by atoms with Crippen molar-refractivity contribution in [2.45, 2.75) is 39.2 Å². The van der Waals surface area contributed by atoms with Crippen LogP contribution in [0.4, 0.5) is 0 Å². The maximum Gasteiger partial charge on any atom is 0.247 e. The van der Waals surface area contributed by atoms with Gasteiger partial charge in [0.2, 0.25) is 11.8 Å². The van der Waals surface area contributed by atoms with E-state index in [0.29, 0.717) is 11.8 Å². The van der Waals surface area contributed by atoms with Gasteiger partial charge in [-0.1, -0.05) is 22.6 Å². The van der Waals surface area contributed by atoms with Gasteiger partial charge >= 0.3 is 0 Å². The Hall–Kier alpha value is -1.11. The van der Waals surface area contributed by atoms with Crippen LogP contribution in [0.3, 0.4) is 0 Å². The molecule has 0 aliphatic carbocycles. The van der Waals surface area contributed by atoms with Crippen LogP contribution in [0, 0.1) is 0 Å². The molecule has 0 aliphatic rings. The Balaban J connectivity index is 2.07. The topological polar surface area (TPSA) is 48.2 Å². The molecule has 0 saturated carbocycles. The summed E-state index contributed by atoms with van der Waals surface area (Å²) in [6, 6.07) is 7.73. The summed E-state index contributed by atoms with van der Waals surface area (Å²) < 4.78 is 12.5. The highest BCUT2D eigenvalue weighted by molar-refractivity contribution is 14.1. The predicted molar refractivity (Wildman–Crippen MR) is 87.3 cm³/mol. The van der Waals surface area contributed by atoms with Crippen molar-refractivity contribution < 1.29 is 9.15 Å². The minimum Gasteiger partial charge on any atom is -0.488 e. The van der Waals surface area contributed by atoms with E-state index in [9.17, 15) is 0 Å². The Morgan fingerprint density at radius 2 is 1.85 bits per heavy atom. The maximum atomic E-state index is 5.78. The average molecular weight is 386 g/mol. The average Bonchev–Trinajstić information content (AvgIpc) is 2.84. The molecule has 0 amide bonds. The molecule has 0 saturated heterocycles. The molecular weight excluding hydrogens is 367 g/mol. The zero-order chi connectivity index (χ0) is 14.6. The summed E-state index contributed by atoms with van der Waals surface area (Å²) >= 11 is 2.34. The number of aryl methyl sites for hydroxylation is 1. The van der Waals surface area contributed by atoms with Gasteiger partial charge in [-0.25, -0.2) is 0 Å². The number of hydrogen-bond donors (Lipinski definition) is 0. The van der Waals surface area contributed by atoms with Crippen LogP contribution in [0.5, 0.6) is 5.75 Å². The van der Waals surface area contributed by atoms with E-state index in [-0.39, 0.29) is 5.60 Å². The number of hydrogen-bond acceptors (Lipinski definition) is 4. The molecule has 2 aromatic rings. The first-order valence-electron chi connectivity index (χ1n) is 6.66. The van der Waals surface area contributed by atoms with Crippen molar-refractivity contribution in [1.29, 1.82) is 0 Å². The lowest BCUT2D eigenvalue weighted by molar-refractivity contribution is 0.131. The van der Waals surface area contributed by atoms with E-state index in [1.54, 1.807) is 0 Å². The molecule has 5 heteroatoms. The summed E-state index contributed by atoms with van der Waals surface area (Å²) in [5.74, 6) is 2.10. The molecule has 4 nitrogen and oxygen atoms in total. The molecule has 1 aromatic carbocycles. The standard InChI is InChI=1S/C15H19IN2O2/c1-15(2,3)20-12-8-6-11(7-9-12)14-18-17-13(19-14)5-4-10-16/h6-9H,4-5,10H2,1-3H3. The third kappa shape index (κ3) is 4.47. The van der Waals surface area contributed by atoms with Gasteiger partial charge in [0.1, 0.15) is 11.4 Å². The number of ether oxygens (including phenoxy) is 1. The number of benzene rings is 1. The van der Waals surface area contributed by atoms with Gasteiger partial charge in [0.05, 0.1) is 0 Å². The van der Waals surface area contributed by atoms with Crippen molar-refractivity contribution in [3.63, 3.8) is 0 Å². The van der Waals surface area contributed by atoms with Crippen LogP contribution in [0.2, 0.25) is 0 Å². The predicted octanol–water partition coefficient (Wildman–Crippen LogP) is 4.28. The molecule has 2 rings (SSSR count). The molecule has 0 N–H and O–H groups in total. The van der Waals surface area contributed by atoms with Crippen molar-refractivity contribution in [2.75, 3.05) is 4.43 Å². The normalized spacial score (nSPS) is 11.6. The first-order valence-corrected chi connectivity index (χ1v) is 8.18. The molecule has 108 valence electrons. The Morgan fingerprint density at radius 1 is 1.15 bits per heavy atom. The molecule has 0 atom stereocenters. The fraction of sp³-hybridized carbons (Fsp3) is 0.467. The maximum absolute atomic E-state index is 5.78. The molecule has 1 heterocycles.